The van der Waals surface area contributed by atoms with Crippen LogP contribution >= 0.6 is 0 Å². The largest absolute Gasteiger partial charge is 0.325 e. The monoisotopic (exact) mass is 245 g/mol. The number of nitrogens with two attached hydrogens (primary N) is 1. The number of carbonyl (C=O) groups is 1. The van der Waals surface area contributed by atoms with E-state index in [2.05, 4.69) is 19.1 Å². The molecule has 0 aliphatic heterocycles. The number of Topliss-reactive ketones (excluding diaryl/α,β-unsaturated/α-hetero) is 1. The number of rotatable bonds is 4. The Morgan fingerprint density at radius 2 is 2.00 bits per heavy atom. The van der Waals surface area contributed by atoms with Gasteiger partial charge in [0.1, 0.15) is 5.78 Å². The molecule has 1 aliphatic carbocycles. The predicted octanol–water partition coefficient (Wildman–Crippen LogP) is 3.16. The Labute approximate surface area is 110 Å². The number of hydrogen-bond acceptors (Lipinski definition) is 2. The number of ketones is 1. The molecule has 0 unspecified atom stereocenters. The van der Waals surface area contributed by atoms with Gasteiger partial charge in [0.2, 0.25) is 0 Å². The zero-order valence-corrected chi connectivity index (χ0v) is 11.2. The smallest absolute Gasteiger partial charge is 0.139 e. The summed E-state index contributed by atoms with van der Waals surface area (Å²) in [5, 5.41) is 0. The van der Waals surface area contributed by atoms with E-state index in [1.807, 2.05) is 12.1 Å². The first-order valence-electron chi connectivity index (χ1n) is 6.94. The van der Waals surface area contributed by atoms with Crippen molar-refractivity contribution in [3.05, 3.63) is 35.4 Å². The maximum absolute atomic E-state index is 12.1. The van der Waals surface area contributed by atoms with Crippen LogP contribution in [0.15, 0.2) is 24.3 Å². The van der Waals surface area contributed by atoms with Gasteiger partial charge in [-0.2, -0.15) is 0 Å². The highest BCUT2D eigenvalue weighted by Crippen LogP contribution is 2.29. The molecule has 2 heteroatoms. The molecule has 1 saturated carbocycles. The van der Waals surface area contributed by atoms with Crippen LogP contribution in [0.2, 0.25) is 0 Å². The molecule has 0 radical (unpaired) electrons. The molecule has 1 aromatic rings. The highest BCUT2D eigenvalue weighted by Gasteiger charge is 2.29. The molecular weight excluding hydrogens is 222 g/mol. The summed E-state index contributed by atoms with van der Waals surface area (Å²) in [7, 11) is 0. The van der Waals surface area contributed by atoms with E-state index in [4.69, 9.17) is 5.73 Å². The third-order valence-electron chi connectivity index (χ3n) is 3.88. The van der Waals surface area contributed by atoms with E-state index in [9.17, 15) is 4.79 Å². The van der Waals surface area contributed by atoms with Crippen molar-refractivity contribution in [2.75, 3.05) is 0 Å². The highest BCUT2D eigenvalue weighted by molar-refractivity contribution is 5.82. The minimum atomic E-state index is -0.223. The molecule has 2 rings (SSSR count). The lowest BCUT2D eigenvalue weighted by molar-refractivity contribution is -0.119. The quantitative estimate of drug-likeness (QED) is 0.885. The minimum Gasteiger partial charge on any atom is -0.325 e. The molecular formula is C16H23NO. The van der Waals surface area contributed by atoms with Gasteiger partial charge in [-0.1, -0.05) is 49.1 Å². The average molecular weight is 245 g/mol. The fourth-order valence-corrected chi connectivity index (χ4v) is 2.94. The molecule has 1 fully saturated rings. The summed E-state index contributed by atoms with van der Waals surface area (Å²) in [4.78, 5) is 12.1. The predicted molar refractivity (Wildman–Crippen MR) is 74.5 cm³/mol. The first kappa shape index (κ1) is 13.3. The highest BCUT2D eigenvalue weighted by atomic mass is 16.1. The summed E-state index contributed by atoms with van der Waals surface area (Å²) < 4.78 is 0. The lowest BCUT2D eigenvalue weighted by atomic mass is 9.78. The van der Waals surface area contributed by atoms with Crippen molar-refractivity contribution in [1.82, 2.24) is 0 Å². The van der Waals surface area contributed by atoms with Crippen molar-refractivity contribution in [1.29, 1.82) is 0 Å². The molecule has 0 atom stereocenters. The van der Waals surface area contributed by atoms with Crippen LogP contribution in [-0.2, 0) is 11.2 Å². The van der Waals surface area contributed by atoms with E-state index in [0.717, 1.165) is 18.4 Å². The second kappa shape index (κ2) is 5.66. The number of aryl methyl sites for hydroxylation is 1. The van der Waals surface area contributed by atoms with Crippen LogP contribution in [0.25, 0.3) is 0 Å². The Bertz CT molecular complexity index is 419. The molecule has 18 heavy (non-hydrogen) atoms. The Kier molecular flexibility index (Phi) is 4.18. The summed E-state index contributed by atoms with van der Waals surface area (Å²) in [5.41, 5.74) is 8.42. The molecule has 0 heterocycles. The fourth-order valence-electron chi connectivity index (χ4n) is 2.94. The summed E-state index contributed by atoms with van der Waals surface area (Å²) in [6, 6.07) is 8.17. The van der Waals surface area contributed by atoms with E-state index >= 15 is 0 Å². The molecule has 0 amide bonds. The van der Waals surface area contributed by atoms with Crippen LogP contribution in [0.5, 0.6) is 0 Å². The van der Waals surface area contributed by atoms with Crippen molar-refractivity contribution >= 4 is 5.78 Å². The van der Waals surface area contributed by atoms with Gasteiger partial charge in [-0.05, 0) is 25.3 Å². The standard InChI is InChI=1S/C16H23NO/c1-13-6-5-7-14(10-13)11-15(18)12-16(17)8-3-2-4-9-16/h5-7,10H,2-4,8-9,11-12,17H2,1H3. The molecule has 2 N–H and O–H groups in total. The number of carbonyl (C=O) groups excluding carboxylic acids is 1. The van der Waals surface area contributed by atoms with Crippen molar-refractivity contribution in [2.45, 2.75) is 57.4 Å². The van der Waals surface area contributed by atoms with Crippen LogP contribution in [0, 0.1) is 6.92 Å². The lowest BCUT2D eigenvalue weighted by Gasteiger charge is -2.32. The van der Waals surface area contributed by atoms with Gasteiger partial charge in [0.15, 0.2) is 0 Å². The van der Waals surface area contributed by atoms with Gasteiger partial charge in [0.25, 0.3) is 0 Å². The molecule has 1 aliphatic rings. The van der Waals surface area contributed by atoms with Gasteiger partial charge in [-0.3, -0.25) is 4.79 Å². The van der Waals surface area contributed by atoms with Crippen molar-refractivity contribution in [2.24, 2.45) is 5.73 Å². The van der Waals surface area contributed by atoms with E-state index in [0.29, 0.717) is 12.8 Å². The SMILES string of the molecule is Cc1cccc(CC(=O)CC2(N)CCCCC2)c1. The van der Waals surface area contributed by atoms with E-state index in [-0.39, 0.29) is 11.3 Å². The fraction of sp³-hybridized carbons (Fsp3) is 0.562. The van der Waals surface area contributed by atoms with Gasteiger partial charge in [-0.15, -0.1) is 0 Å². The summed E-state index contributed by atoms with van der Waals surface area (Å²) >= 11 is 0. The Morgan fingerprint density at radius 1 is 1.28 bits per heavy atom. The number of benzene rings is 1. The van der Waals surface area contributed by atoms with Gasteiger partial charge < -0.3 is 5.73 Å². The summed E-state index contributed by atoms with van der Waals surface area (Å²) in [6.45, 7) is 2.06. The van der Waals surface area contributed by atoms with Gasteiger partial charge >= 0.3 is 0 Å². The number of hydrogen-bond donors (Lipinski definition) is 1. The molecule has 0 saturated heterocycles. The second-order valence-electron chi connectivity index (χ2n) is 5.80. The van der Waals surface area contributed by atoms with Crippen LogP contribution < -0.4 is 5.73 Å². The van der Waals surface area contributed by atoms with Crippen molar-refractivity contribution in [3.8, 4) is 0 Å². The zero-order chi connectivity index (χ0) is 13.0. The zero-order valence-electron chi connectivity index (χ0n) is 11.2. The molecule has 1 aromatic carbocycles. The summed E-state index contributed by atoms with van der Waals surface area (Å²) in [6.07, 6.45) is 6.70. The molecule has 98 valence electrons. The van der Waals surface area contributed by atoms with Crippen LogP contribution in [0.3, 0.4) is 0 Å². The molecule has 0 bridgehead atoms. The Morgan fingerprint density at radius 3 is 2.67 bits per heavy atom. The lowest BCUT2D eigenvalue weighted by Crippen LogP contribution is -2.43. The third kappa shape index (κ3) is 3.67. The Balaban J connectivity index is 1.92. The van der Waals surface area contributed by atoms with Crippen LogP contribution in [0.4, 0.5) is 0 Å². The van der Waals surface area contributed by atoms with Crippen molar-refractivity contribution < 1.29 is 4.79 Å². The van der Waals surface area contributed by atoms with E-state index in [1.165, 1.54) is 24.8 Å². The van der Waals surface area contributed by atoms with Gasteiger partial charge in [0.05, 0.1) is 0 Å². The van der Waals surface area contributed by atoms with Crippen LogP contribution in [0.1, 0.15) is 49.7 Å². The third-order valence-corrected chi connectivity index (χ3v) is 3.88. The summed E-state index contributed by atoms with van der Waals surface area (Å²) in [5.74, 6) is 0.282. The van der Waals surface area contributed by atoms with Crippen LogP contribution in [-0.4, -0.2) is 11.3 Å². The van der Waals surface area contributed by atoms with Crippen molar-refractivity contribution in [3.63, 3.8) is 0 Å². The second-order valence-corrected chi connectivity index (χ2v) is 5.80. The topological polar surface area (TPSA) is 43.1 Å². The molecule has 0 aromatic heterocycles. The Hall–Kier alpha value is -1.15. The average Bonchev–Trinajstić information content (AvgIpc) is 2.28. The maximum Gasteiger partial charge on any atom is 0.139 e. The first-order valence-corrected chi connectivity index (χ1v) is 6.94. The molecule has 2 nitrogen and oxygen atoms in total. The minimum absolute atomic E-state index is 0.223. The van der Waals surface area contributed by atoms with Gasteiger partial charge in [0, 0.05) is 18.4 Å². The van der Waals surface area contributed by atoms with E-state index in [1.54, 1.807) is 0 Å². The normalized spacial score (nSPS) is 18.6. The maximum atomic E-state index is 12.1. The molecule has 0 spiro atoms. The van der Waals surface area contributed by atoms with E-state index < -0.39 is 0 Å². The van der Waals surface area contributed by atoms with Gasteiger partial charge in [-0.25, -0.2) is 0 Å². The first-order chi connectivity index (χ1) is 8.57.